The summed E-state index contributed by atoms with van der Waals surface area (Å²) in [6.07, 6.45) is 7.59. The maximum Gasteiger partial charge on any atom is 0.250 e. The molecule has 1 aliphatic carbocycles. The van der Waals surface area contributed by atoms with Crippen molar-refractivity contribution in [1.29, 1.82) is 0 Å². The van der Waals surface area contributed by atoms with Crippen LogP contribution >= 0.6 is 11.6 Å². The molecule has 0 aromatic heterocycles. The van der Waals surface area contributed by atoms with Crippen molar-refractivity contribution in [2.45, 2.75) is 76.9 Å². The molecule has 2 amide bonds. The molecule has 26 heavy (non-hydrogen) atoms. The van der Waals surface area contributed by atoms with Gasteiger partial charge < -0.3 is 9.80 Å². The van der Waals surface area contributed by atoms with Crippen LogP contribution in [0.5, 0.6) is 0 Å². The zero-order valence-electron chi connectivity index (χ0n) is 15.8. The van der Waals surface area contributed by atoms with E-state index < -0.39 is 6.04 Å². The van der Waals surface area contributed by atoms with Crippen LogP contribution in [0.2, 0.25) is 5.02 Å². The number of piperazine rings is 1. The number of carbonyl (C=O) groups is 2. The standard InChI is InChI=1S/C21H29ClN2O2/c1-3-15(2)24-19(25)14-23(18-8-6-4-5-7-9-18)21(26)20(24)16-10-12-17(22)13-11-16/h10-13,15,18,20H,3-9,14H2,1-2H3/t15-,20+/m0/s1. The SMILES string of the molecule is CC[C@H](C)N1C(=O)CN(C2CCCCCC2)C(=O)[C@H]1c1ccc(Cl)cc1. The number of hydrogen-bond acceptors (Lipinski definition) is 2. The molecular formula is C21H29ClN2O2. The number of amides is 2. The molecule has 0 bridgehead atoms. The summed E-state index contributed by atoms with van der Waals surface area (Å²) in [7, 11) is 0. The zero-order valence-corrected chi connectivity index (χ0v) is 16.5. The molecule has 2 aliphatic rings. The summed E-state index contributed by atoms with van der Waals surface area (Å²) in [5.41, 5.74) is 0.853. The van der Waals surface area contributed by atoms with Gasteiger partial charge in [0.2, 0.25) is 5.91 Å². The number of nitrogens with zero attached hydrogens (tertiary/aromatic N) is 2. The fourth-order valence-corrected chi connectivity index (χ4v) is 4.38. The van der Waals surface area contributed by atoms with E-state index in [1.165, 1.54) is 12.8 Å². The van der Waals surface area contributed by atoms with Crippen molar-refractivity contribution in [3.8, 4) is 0 Å². The van der Waals surface area contributed by atoms with Gasteiger partial charge in [0.15, 0.2) is 0 Å². The van der Waals surface area contributed by atoms with Crippen molar-refractivity contribution in [3.05, 3.63) is 34.9 Å². The maximum atomic E-state index is 13.5. The van der Waals surface area contributed by atoms with Crippen LogP contribution in [-0.2, 0) is 9.59 Å². The highest BCUT2D eigenvalue weighted by Crippen LogP contribution is 2.34. The van der Waals surface area contributed by atoms with Gasteiger partial charge in [-0.05, 0) is 43.9 Å². The van der Waals surface area contributed by atoms with Gasteiger partial charge in [0.05, 0.1) is 0 Å². The first-order chi connectivity index (χ1) is 12.5. The number of halogens is 1. The lowest BCUT2D eigenvalue weighted by atomic mass is 9.96. The van der Waals surface area contributed by atoms with Gasteiger partial charge in [0.1, 0.15) is 12.6 Å². The Morgan fingerprint density at radius 3 is 2.27 bits per heavy atom. The molecule has 1 aliphatic heterocycles. The third-order valence-electron chi connectivity index (χ3n) is 5.91. The van der Waals surface area contributed by atoms with Crippen LogP contribution in [0.3, 0.4) is 0 Å². The third-order valence-corrected chi connectivity index (χ3v) is 6.16. The molecular weight excluding hydrogens is 348 g/mol. The summed E-state index contributed by atoms with van der Waals surface area (Å²) < 4.78 is 0. The van der Waals surface area contributed by atoms with E-state index in [1.807, 2.05) is 24.0 Å². The fourth-order valence-electron chi connectivity index (χ4n) is 4.25. The molecule has 0 unspecified atom stereocenters. The molecule has 4 nitrogen and oxygen atoms in total. The van der Waals surface area contributed by atoms with Crippen LogP contribution < -0.4 is 0 Å². The Bertz CT molecular complexity index is 638. The second kappa shape index (κ2) is 8.43. The van der Waals surface area contributed by atoms with E-state index in [4.69, 9.17) is 11.6 Å². The smallest absolute Gasteiger partial charge is 0.250 e. The number of hydrogen-bond donors (Lipinski definition) is 0. The van der Waals surface area contributed by atoms with Gasteiger partial charge in [0.25, 0.3) is 5.91 Å². The number of carbonyl (C=O) groups excluding carboxylic acids is 2. The minimum absolute atomic E-state index is 0.0309. The molecule has 5 heteroatoms. The Labute approximate surface area is 161 Å². The highest BCUT2D eigenvalue weighted by atomic mass is 35.5. The first kappa shape index (κ1) is 19.2. The molecule has 0 radical (unpaired) electrons. The van der Waals surface area contributed by atoms with E-state index in [9.17, 15) is 9.59 Å². The topological polar surface area (TPSA) is 40.6 Å². The maximum absolute atomic E-state index is 13.5. The molecule has 1 aromatic carbocycles. The van der Waals surface area contributed by atoms with Crippen LogP contribution in [0.15, 0.2) is 24.3 Å². The lowest BCUT2D eigenvalue weighted by Crippen LogP contribution is -2.60. The Hall–Kier alpha value is -1.55. The summed E-state index contributed by atoms with van der Waals surface area (Å²) >= 11 is 6.03. The van der Waals surface area contributed by atoms with Gasteiger partial charge in [-0.1, -0.05) is 56.3 Å². The van der Waals surface area contributed by atoms with Gasteiger partial charge in [-0.25, -0.2) is 0 Å². The highest BCUT2D eigenvalue weighted by Gasteiger charge is 2.44. The quantitative estimate of drug-likeness (QED) is 0.722. The number of benzene rings is 1. The summed E-state index contributed by atoms with van der Waals surface area (Å²) in [6, 6.07) is 7.05. The van der Waals surface area contributed by atoms with E-state index in [-0.39, 0.29) is 30.4 Å². The average molecular weight is 377 g/mol. The molecule has 2 fully saturated rings. The van der Waals surface area contributed by atoms with Crippen LogP contribution in [0.4, 0.5) is 0 Å². The fraction of sp³-hybridized carbons (Fsp3) is 0.619. The lowest BCUT2D eigenvalue weighted by Gasteiger charge is -2.45. The summed E-state index contributed by atoms with van der Waals surface area (Å²) in [6.45, 7) is 4.30. The van der Waals surface area contributed by atoms with Crippen molar-refractivity contribution in [1.82, 2.24) is 9.80 Å². The summed E-state index contributed by atoms with van der Waals surface area (Å²) in [4.78, 5) is 30.2. The Kier molecular flexibility index (Phi) is 6.23. The molecule has 1 aromatic rings. The minimum atomic E-state index is -0.535. The van der Waals surface area contributed by atoms with Crippen molar-refractivity contribution in [2.75, 3.05) is 6.54 Å². The number of rotatable bonds is 4. The molecule has 0 N–H and O–H groups in total. The summed E-state index contributed by atoms with van der Waals surface area (Å²) in [5.74, 6) is 0.127. The van der Waals surface area contributed by atoms with E-state index in [1.54, 1.807) is 17.0 Å². The molecule has 2 atom stereocenters. The van der Waals surface area contributed by atoms with Gasteiger partial charge >= 0.3 is 0 Å². The average Bonchev–Trinajstić information content (AvgIpc) is 2.92. The van der Waals surface area contributed by atoms with E-state index in [0.29, 0.717) is 5.02 Å². The highest BCUT2D eigenvalue weighted by molar-refractivity contribution is 6.30. The lowest BCUT2D eigenvalue weighted by molar-refractivity contribution is -0.161. The molecule has 1 heterocycles. The minimum Gasteiger partial charge on any atom is -0.328 e. The monoisotopic (exact) mass is 376 g/mol. The molecule has 0 spiro atoms. The van der Waals surface area contributed by atoms with Crippen molar-refractivity contribution < 1.29 is 9.59 Å². The van der Waals surface area contributed by atoms with E-state index in [2.05, 4.69) is 6.92 Å². The normalized spacial score (nSPS) is 23.9. The second-order valence-electron chi connectivity index (χ2n) is 7.62. The molecule has 3 rings (SSSR count). The Morgan fingerprint density at radius 1 is 1.08 bits per heavy atom. The van der Waals surface area contributed by atoms with Crippen LogP contribution in [-0.4, -0.2) is 40.2 Å². The van der Waals surface area contributed by atoms with Crippen LogP contribution in [0.25, 0.3) is 0 Å². The van der Waals surface area contributed by atoms with Crippen molar-refractivity contribution in [2.24, 2.45) is 0 Å². The van der Waals surface area contributed by atoms with E-state index >= 15 is 0 Å². The van der Waals surface area contributed by atoms with Gasteiger partial charge in [-0.15, -0.1) is 0 Å². The predicted molar refractivity (Wildman–Crippen MR) is 104 cm³/mol. The summed E-state index contributed by atoms with van der Waals surface area (Å²) in [5, 5.41) is 0.638. The second-order valence-corrected chi connectivity index (χ2v) is 8.06. The van der Waals surface area contributed by atoms with Gasteiger partial charge in [0, 0.05) is 17.1 Å². The Morgan fingerprint density at radius 2 is 1.69 bits per heavy atom. The van der Waals surface area contributed by atoms with Crippen molar-refractivity contribution in [3.63, 3.8) is 0 Å². The van der Waals surface area contributed by atoms with Gasteiger partial charge in [-0.2, -0.15) is 0 Å². The third kappa shape index (κ3) is 3.90. The van der Waals surface area contributed by atoms with Crippen molar-refractivity contribution >= 4 is 23.4 Å². The zero-order chi connectivity index (χ0) is 18.7. The molecule has 1 saturated heterocycles. The van der Waals surface area contributed by atoms with Crippen LogP contribution in [0, 0.1) is 0 Å². The molecule has 142 valence electrons. The largest absolute Gasteiger partial charge is 0.328 e. The van der Waals surface area contributed by atoms with Gasteiger partial charge in [-0.3, -0.25) is 9.59 Å². The van der Waals surface area contributed by atoms with Crippen LogP contribution in [0.1, 0.15) is 70.4 Å². The Balaban J connectivity index is 1.94. The molecule has 1 saturated carbocycles. The first-order valence-electron chi connectivity index (χ1n) is 9.90. The predicted octanol–water partition coefficient (Wildman–Crippen LogP) is 4.57. The first-order valence-corrected chi connectivity index (χ1v) is 10.3. The van der Waals surface area contributed by atoms with E-state index in [0.717, 1.165) is 37.7 Å².